The number of amides is 2. The summed E-state index contributed by atoms with van der Waals surface area (Å²) in [7, 11) is 2.97. The number of anilines is 1. The van der Waals surface area contributed by atoms with Crippen molar-refractivity contribution in [3.63, 3.8) is 0 Å². The van der Waals surface area contributed by atoms with Crippen molar-refractivity contribution < 1.29 is 19.1 Å². The molecule has 8 heteroatoms. The zero-order chi connectivity index (χ0) is 18.2. The van der Waals surface area contributed by atoms with Gasteiger partial charge in [0.2, 0.25) is 0 Å². The summed E-state index contributed by atoms with van der Waals surface area (Å²) in [6.07, 6.45) is 1.35. The van der Waals surface area contributed by atoms with Gasteiger partial charge in [0.05, 0.1) is 20.4 Å². The van der Waals surface area contributed by atoms with Gasteiger partial charge in [-0.05, 0) is 18.2 Å². The largest absolute Gasteiger partial charge is 0.493 e. The van der Waals surface area contributed by atoms with Gasteiger partial charge in [-0.3, -0.25) is 9.59 Å². The van der Waals surface area contributed by atoms with Crippen LogP contribution in [0, 0.1) is 0 Å². The molecule has 0 saturated heterocycles. The van der Waals surface area contributed by atoms with Gasteiger partial charge in [0.1, 0.15) is 0 Å². The molecule has 0 aliphatic carbocycles. The van der Waals surface area contributed by atoms with Gasteiger partial charge in [-0.2, -0.15) is 5.10 Å². The maximum Gasteiger partial charge on any atom is 0.329 e. The second kappa shape index (κ2) is 8.70. The summed E-state index contributed by atoms with van der Waals surface area (Å²) in [4.78, 5) is 23.7. The molecule has 7 nitrogen and oxygen atoms in total. The molecule has 2 amide bonds. The van der Waals surface area contributed by atoms with Crippen LogP contribution in [-0.4, -0.2) is 32.2 Å². The molecule has 0 heterocycles. The minimum absolute atomic E-state index is 0.382. The van der Waals surface area contributed by atoms with Gasteiger partial charge >= 0.3 is 11.8 Å². The fourth-order valence-corrected chi connectivity index (χ4v) is 2.08. The molecule has 0 atom stereocenters. The molecule has 2 N–H and O–H groups in total. The van der Waals surface area contributed by atoms with Crippen LogP contribution in [-0.2, 0) is 9.59 Å². The molecule has 130 valence electrons. The summed E-state index contributed by atoms with van der Waals surface area (Å²) < 4.78 is 10.2. The fourth-order valence-electron chi connectivity index (χ4n) is 1.89. The fraction of sp³-hybridized carbons (Fsp3) is 0.118. The molecule has 0 aromatic heterocycles. The second-order valence-electron chi connectivity index (χ2n) is 4.74. The van der Waals surface area contributed by atoms with Crippen molar-refractivity contribution in [2.24, 2.45) is 5.10 Å². The van der Waals surface area contributed by atoms with Gasteiger partial charge in [0.25, 0.3) is 0 Å². The van der Waals surface area contributed by atoms with E-state index in [4.69, 9.17) is 21.1 Å². The van der Waals surface area contributed by atoms with Crippen LogP contribution >= 0.6 is 11.6 Å². The van der Waals surface area contributed by atoms with E-state index in [-0.39, 0.29) is 0 Å². The van der Waals surface area contributed by atoms with E-state index in [0.29, 0.717) is 27.8 Å². The lowest BCUT2D eigenvalue weighted by Gasteiger charge is -2.10. The number of nitrogens with one attached hydrogen (secondary N) is 2. The van der Waals surface area contributed by atoms with Crippen molar-refractivity contribution in [2.75, 3.05) is 19.5 Å². The predicted molar refractivity (Wildman–Crippen MR) is 95.4 cm³/mol. The van der Waals surface area contributed by atoms with Gasteiger partial charge in [0, 0.05) is 22.3 Å². The number of carbonyl (C=O) groups is 2. The van der Waals surface area contributed by atoms with Crippen molar-refractivity contribution in [3.05, 3.63) is 53.1 Å². The van der Waals surface area contributed by atoms with Gasteiger partial charge in [-0.25, -0.2) is 5.43 Å². The molecule has 0 unspecified atom stereocenters. The standard InChI is InChI=1S/C17H16ClN3O4/c1-24-14-8-7-12(9-15(14)25-2)20-16(22)17(23)21-19-10-11-5-3-4-6-13(11)18/h3-10H,1-2H3,(H,20,22)(H,21,23)/b19-10+. The third kappa shape index (κ3) is 4.95. The second-order valence-corrected chi connectivity index (χ2v) is 5.15. The molecular formula is C17H16ClN3O4. The molecule has 2 rings (SSSR count). The Morgan fingerprint density at radius 2 is 1.76 bits per heavy atom. The van der Waals surface area contributed by atoms with E-state index in [2.05, 4.69) is 15.8 Å². The highest BCUT2D eigenvalue weighted by Crippen LogP contribution is 2.29. The van der Waals surface area contributed by atoms with Crippen molar-refractivity contribution in [3.8, 4) is 11.5 Å². The van der Waals surface area contributed by atoms with E-state index < -0.39 is 11.8 Å². The van der Waals surface area contributed by atoms with E-state index in [0.717, 1.165) is 0 Å². The first-order chi connectivity index (χ1) is 12.0. The molecule has 2 aromatic rings. The minimum Gasteiger partial charge on any atom is -0.493 e. The summed E-state index contributed by atoms with van der Waals surface area (Å²) in [5.74, 6) is -0.853. The lowest BCUT2D eigenvalue weighted by Crippen LogP contribution is -2.32. The highest BCUT2D eigenvalue weighted by Gasteiger charge is 2.14. The molecule has 25 heavy (non-hydrogen) atoms. The quantitative estimate of drug-likeness (QED) is 0.486. The normalized spacial score (nSPS) is 10.4. The van der Waals surface area contributed by atoms with Gasteiger partial charge in [-0.15, -0.1) is 0 Å². The van der Waals surface area contributed by atoms with Crippen molar-refractivity contribution in [2.45, 2.75) is 0 Å². The Morgan fingerprint density at radius 1 is 1.04 bits per heavy atom. The van der Waals surface area contributed by atoms with Crippen LogP contribution < -0.4 is 20.2 Å². The van der Waals surface area contributed by atoms with E-state index in [1.807, 2.05) is 0 Å². The third-order valence-corrected chi connectivity index (χ3v) is 3.47. The topological polar surface area (TPSA) is 89.0 Å². The average Bonchev–Trinajstić information content (AvgIpc) is 2.63. The first-order valence-corrected chi connectivity index (χ1v) is 7.54. The number of hydrazone groups is 1. The first kappa shape index (κ1) is 18.3. The van der Waals surface area contributed by atoms with E-state index in [1.165, 1.54) is 26.5 Å². The highest BCUT2D eigenvalue weighted by atomic mass is 35.5. The zero-order valence-corrected chi connectivity index (χ0v) is 14.3. The minimum atomic E-state index is -0.918. The smallest absolute Gasteiger partial charge is 0.329 e. The molecule has 0 aliphatic heterocycles. The van der Waals surface area contributed by atoms with E-state index >= 15 is 0 Å². The number of hydrogen-bond donors (Lipinski definition) is 2. The lowest BCUT2D eigenvalue weighted by atomic mass is 10.2. The summed E-state index contributed by atoms with van der Waals surface area (Å²) in [6, 6.07) is 11.7. The Labute approximate surface area is 149 Å². The Kier molecular flexibility index (Phi) is 6.36. The Morgan fingerprint density at radius 3 is 2.44 bits per heavy atom. The first-order valence-electron chi connectivity index (χ1n) is 7.16. The van der Waals surface area contributed by atoms with Crippen LogP contribution in [0.4, 0.5) is 5.69 Å². The summed E-state index contributed by atoms with van der Waals surface area (Å²) in [5, 5.41) is 6.63. The highest BCUT2D eigenvalue weighted by molar-refractivity contribution is 6.39. The molecule has 0 aliphatic rings. The molecule has 0 radical (unpaired) electrons. The summed E-state index contributed by atoms with van der Waals surface area (Å²) >= 11 is 5.96. The number of ether oxygens (including phenoxy) is 2. The van der Waals surface area contributed by atoms with Crippen LogP contribution in [0.3, 0.4) is 0 Å². The summed E-state index contributed by atoms with van der Waals surface area (Å²) in [6.45, 7) is 0. The van der Waals surface area contributed by atoms with Crippen molar-refractivity contribution in [1.82, 2.24) is 5.43 Å². The average molecular weight is 362 g/mol. The maximum absolute atomic E-state index is 11.9. The van der Waals surface area contributed by atoms with Crippen molar-refractivity contribution >= 4 is 35.3 Å². The molecule has 0 spiro atoms. The molecule has 0 bridgehead atoms. The maximum atomic E-state index is 11.9. The monoisotopic (exact) mass is 361 g/mol. The van der Waals surface area contributed by atoms with Gasteiger partial charge < -0.3 is 14.8 Å². The van der Waals surface area contributed by atoms with Crippen LogP contribution in [0.25, 0.3) is 0 Å². The van der Waals surface area contributed by atoms with Crippen LogP contribution in [0.15, 0.2) is 47.6 Å². The van der Waals surface area contributed by atoms with Gasteiger partial charge in [0.15, 0.2) is 11.5 Å². The molecule has 2 aromatic carbocycles. The van der Waals surface area contributed by atoms with Crippen molar-refractivity contribution in [1.29, 1.82) is 0 Å². The number of rotatable bonds is 5. The van der Waals surface area contributed by atoms with E-state index in [1.54, 1.807) is 36.4 Å². The van der Waals surface area contributed by atoms with Crippen LogP contribution in [0.1, 0.15) is 5.56 Å². The number of halogens is 1. The zero-order valence-electron chi connectivity index (χ0n) is 13.6. The summed E-state index contributed by atoms with van der Waals surface area (Å²) in [5.41, 5.74) is 3.13. The number of benzene rings is 2. The SMILES string of the molecule is COc1ccc(NC(=O)C(=O)N/N=C/c2ccccc2Cl)cc1OC. The number of hydrogen-bond acceptors (Lipinski definition) is 5. The van der Waals surface area contributed by atoms with E-state index in [9.17, 15) is 9.59 Å². The Bertz CT molecular complexity index is 808. The molecular weight excluding hydrogens is 346 g/mol. The predicted octanol–water partition coefficient (Wildman–Crippen LogP) is 2.45. The molecule has 0 fully saturated rings. The number of methoxy groups -OCH3 is 2. The number of nitrogens with zero attached hydrogens (tertiary/aromatic N) is 1. The number of carbonyl (C=O) groups excluding carboxylic acids is 2. The van der Waals surface area contributed by atoms with Crippen LogP contribution in [0.5, 0.6) is 11.5 Å². The Hall–Kier alpha value is -3.06. The van der Waals surface area contributed by atoms with Crippen LogP contribution in [0.2, 0.25) is 5.02 Å². The third-order valence-electron chi connectivity index (χ3n) is 3.12. The lowest BCUT2D eigenvalue weighted by molar-refractivity contribution is -0.136. The van der Waals surface area contributed by atoms with Gasteiger partial charge in [-0.1, -0.05) is 29.8 Å². The molecule has 0 saturated carbocycles. The Balaban J connectivity index is 1.96.